The zero-order chi connectivity index (χ0) is 20.5. The van der Waals surface area contributed by atoms with Crippen LogP contribution in [0.15, 0.2) is 60.7 Å². The fourth-order valence-corrected chi connectivity index (χ4v) is 2.90. The Morgan fingerprint density at radius 1 is 0.862 bits per heavy atom. The molecule has 2 aromatic carbocycles. The van der Waals surface area contributed by atoms with Crippen LogP contribution in [0.5, 0.6) is 11.5 Å². The molecule has 150 valence electrons. The van der Waals surface area contributed by atoms with Crippen LogP contribution in [0.2, 0.25) is 0 Å². The minimum atomic E-state index is -0.378. The second-order valence-corrected chi connectivity index (χ2v) is 6.31. The first-order valence-corrected chi connectivity index (χ1v) is 9.35. The minimum Gasteiger partial charge on any atom is -0.496 e. The molecule has 0 aliphatic heterocycles. The highest BCUT2D eigenvalue weighted by molar-refractivity contribution is 6.07. The van der Waals surface area contributed by atoms with E-state index in [0.717, 1.165) is 19.4 Å². The molecule has 0 aliphatic carbocycles. The standard InChI is InChI=1S/C22H24N4O3/c1-28-17-11-6-12-18(29-2)21(17)22(27)24-20-14-13-19(25-26-20)23-15-7-10-16-8-4-3-5-9-16/h3-6,8-9,11-14H,7,10,15H2,1-2H3,(H,23,25)(H,24,26,27). The van der Waals surface area contributed by atoms with Gasteiger partial charge in [-0.15, -0.1) is 10.2 Å². The van der Waals surface area contributed by atoms with Crippen molar-refractivity contribution in [2.45, 2.75) is 12.8 Å². The quantitative estimate of drug-likeness (QED) is 0.539. The predicted molar refractivity (Wildman–Crippen MR) is 113 cm³/mol. The number of anilines is 2. The zero-order valence-corrected chi connectivity index (χ0v) is 16.5. The van der Waals surface area contributed by atoms with E-state index in [0.29, 0.717) is 28.7 Å². The van der Waals surface area contributed by atoms with Gasteiger partial charge in [0.15, 0.2) is 5.82 Å². The van der Waals surface area contributed by atoms with E-state index >= 15 is 0 Å². The Bertz CT molecular complexity index is 908. The molecule has 3 rings (SSSR count). The number of nitrogens with one attached hydrogen (secondary N) is 2. The van der Waals surface area contributed by atoms with E-state index in [-0.39, 0.29) is 5.91 Å². The maximum absolute atomic E-state index is 12.6. The van der Waals surface area contributed by atoms with Gasteiger partial charge in [0.2, 0.25) is 0 Å². The van der Waals surface area contributed by atoms with Crippen LogP contribution in [0.3, 0.4) is 0 Å². The van der Waals surface area contributed by atoms with Gasteiger partial charge in [0.25, 0.3) is 5.91 Å². The maximum atomic E-state index is 12.6. The summed E-state index contributed by atoms with van der Waals surface area (Å²) in [7, 11) is 3.01. The largest absolute Gasteiger partial charge is 0.496 e. The van der Waals surface area contributed by atoms with Crippen LogP contribution in [0.25, 0.3) is 0 Å². The maximum Gasteiger partial charge on any atom is 0.264 e. The minimum absolute atomic E-state index is 0.308. The highest BCUT2D eigenvalue weighted by atomic mass is 16.5. The lowest BCUT2D eigenvalue weighted by Gasteiger charge is -2.12. The van der Waals surface area contributed by atoms with Gasteiger partial charge in [-0.25, -0.2) is 0 Å². The fourth-order valence-electron chi connectivity index (χ4n) is 2.90. The van der Waals surface area contributed by atoms with Crippen molar-refractivity contribution in [3.8, 4) is 11.5 Å². The number of aromatic nitrogens is 2. The molecule has 7 heteroatoms. The van der Waals surface area contributed by atoms with Crippen LogP contribution in [-0.2, 0) is 6.42 Å². The number of hydrogen-bond donors (Lipinski definition) is 2. The van der Waals surface area contributed by atoms with E-state index < -0.39 is 0 Å². The summed E-state index contributed by atoms with van der Waals surface area (Å²) >= 11 is 0. The predicted octanol–water partition coefficient (Wildman–Crippen LogP) is 3.79. The summed E-state index contributed by atoms with van der Waals surface area (Å²) in [5, 5.41) is 14.1. The van der Waals surface area contributed by atoms with E-state index in [1.807, 2.05) is 18.2 Å². The van der Waals surface area contributed by atoms with E-state index in [1.165, 1.54) is 19.8 Å². The Labute approximate surface area is 170 Å². The Balaban J connectivity index is 1.55. The number of carbonyl (C=O) groups is 1. The van der Waals surface area contributed by atoms with Crippen molar-refractivity contribution >= 4 is 17.5 Å². The number of hydrogen-bond acceptors (Lipinski definition) is 6. The highest BCUT2D eigenvalue weighted by Gasteiger charge is 2.18. The van der Waals surface area contributed by atoms with Crippen molar-refractivity contribution in [2.75, 3.05) is 31.4 Å². The monoisotopic (exact) mass is 392 g/mol. The lowest BCUT2D eigenvalue weighted by molar-refractivity contribution is 0.102. The molecule has 0 fully saturated rings. The third kappa shape index (κ3) is 5.44. The second-order valence-electron chi connectivity index (χ2n) is 6.31. The van der Waals surface area contributed by atoms with Crippen molar-refractivity contribution in [1.82, 2.24) is 10.2 Å². The summed E-state index contributed by atoms with van der Waals surface area (Å²) in [6.07, 6.45) is 1.98. The van der Waals surface area contributed by atoms with Crippen molar-refractivity contribution in [3.63, 3.8) is 0 Å². The molecule has 0 saturated heterocycles. The zero-order valence-electron chi connectivity index (χ0n) is 16.5. The molecule has 0 unspecified atom stereocenters. The van der Waals surface area contributed by atoms with Crippen LogP contribution < -0.4 is 20.1 Å². The molecule has 3 aromatic rings. The summed E-state index contributed by atoms with van der Waals surface area (Å²) in [4.78, 5) is 12.6. The number of methoxy groups -OCH3 is 2. The molecule has 0 aliphatic rings. The number of benzene rings is 2. The van der Waals surface area contributed by atoms with Crippen molar-refractivity contribution in [2.24, 2.45) is 0 Å². The molecule has 1 aromatic heterocycles. The number of ether oxygens (including phenoxy) is 2. The third-order valence-corrected chi connectivity index (χ3v) is 4.35. The third-order valence-electron chi connectivity index (χ3n) is 4.35. The molecule has 0 spiro atoms. The first-order chi connectivity index (χ1) is 14.2. The van der Waals surface area contributed by atoms with Gasteiger partial charge in [-0.2, -0.15) is 0 Å². The molecule has 1 amide bonds. The average Bonchev–Trinajstić information content (AvgIpc) is 2.77. The number of nitrogens with zero attached hydrogens (tertiary/aromatic N) is 2. The Morgan fingerprint density at radius 2 is 1.52 bits per heavy atom. The van der Waals surface area contributed by atoms with E-state index in [4.69, 9.17) is 9.47 Å². The fraction of sp³-hybridized carbons (Fsp3) is 0.227. The Kier molecular flexibility index (Phi) is 7.00. The molecular formula is C22H24N4O3. The van der Waals surface area contributed by atoms with Crippen molar-refractivity contribution in [3.05, 3.63) is 71.8 Å². The number of aryl methyl sites for hydroxylation is 1. The molecule has 0 bridgehead atoms. The van der Waals surface area contributed by atoms with Crippen LogP contribution in [-0.4, -0.2) is 36.9 Å². The summed E-state index contributed by atoms with van der Waals surface area (Å²) in [6.45, 7) is 0.785. The lowest BCUT2D eigenvalue weighted by Crippen LogP contribution is -2.16. The number of amides is 1. The first kappa shape index (κ1) is 20.1. The second kappa shape index (κ2) is 10.1. The van der Waals surface area contributed by atoms with Gasteiger partial charge in [0, 0.05) is 6.54 Å². The van der Waals surface area contributed by atoms with Gasteiger partial charge >= 0.3 is 0 Å². The van der Waals surface area contributed by atoms with E-state index in [1.54, 1.807) is 30.3 Å². The average molecular weight is 392 g/mol. The lowest BCUT2D eigenvalue weighted by atomic mass is 10.1. The molecule has 1 heterocycles. The van der Waals surface area contributed by atoms with Crippen molar-refractivity contribution < 1.29 is 14.3 Å². The van der Waals surface area contributed by atoms with Gasteiger partial charge in [-0.1, -0.05) is 36.4 Å². The molecular weight excluding hydrogens is 368 g/mol. The molecule has 7 nitrogen and oxygen atoms in total. The summed E-state index contributed by atoms with van der Waals surface area (Å²) in [5.74, 6) is 1.47. The first-order valence-electron chi connectivity index (χ1n) is 9.35. The van der Waals surface area contributed by atoms with Gasteiger partial charge < -0.3 is 20.1 Å². The van der Waals surface area contributed by atoms with Gasteiger partial charge in [0.05, 0.1) is 14.2 Å². The number of carbonyl (C=O) groups excluding carboxylic acids is 1. The van der Waals surface area contributed by atoms with Crippen LogP contribution in [0.1, 0.15) is 22.3 Å². The van der Waals surface area contributed by atoms with Crippen LogP contribution in [0, 0.1) is 0 Å². The topological polar surface area (TPSA) is 85.4 Å². The van der Waals surface area contributed by atoms with Gasteiger partial charge in [-0.05, 0) is 42.7 Å². The van der Waals surface area contributed by atoms with Crippen LogP contribution >= 0.6 is 0 Å². The number of rotatable bonds is 9. The van der Waals surface area contributed by atoms with Gasteiger partial charge in [-0.3, -0.25) is 4.79 Å². The summed E-state index contributed by atoms with van der Waals surface area (Å²) in [5.41, 5.74) is 1.62. The highest BCUT2D eigenvalue weighted by Crippen LogP contribution is 2.28. The normalized spacial score (nSPS) is 10.3. The molecule has 2 N–H and O–H groups in total. The smallest absolute Gasteiger partial charge is 0.264 e. The van der Waals surface area contributed by atoms with Gasteiger partial charge in [0.1, 0.15) is 22.9 Å². The summed E-state index contributed by atoms with van der Waals surface area (Å²) in [6, 6.07) is 19.0. The Hall–Kier alpha value is -3.61. The molecule has 0 saturated carbocycles. The van der Waals surface area contributed by atoms with E-state index in [9.17, 15) is 4.79 Å². The van der Waals surface area contributed by atoms with Crippen LogP contribution in [0.4, 0.5) is 11.6 Å². The molecule has 0 atom stereocenters. The van der Waals surface area contributed by atoms with Crippen molar-refractivity contribution in [1.29, 1.82) is 0 Å². The molecule has 0 radical (unpaired) electrons. The summed E-state index contributed by atoms with van der Waals surface area (Å²) < 4.78 is 10.5. The molecule has 29 heavy (non-hydrogen) atoms. The SMILES string of the molecule is COc1cccc(OC)c1C(=O)Nc1ccc(NCCCc2ccccc2)nn1. The Morgan fingerprint density at radius 3 is 2.14 bits per heavy atom. The van der Waals surface area contributed by atoms with E-state index in [2.05, 4.69) is 33.0 Å².